The van der Waals surface area contributed by atoms with Crippen LogP contribution in [0.4, 0.5) is 0 Å². The molecule has 0 saturated carbocycles. The van der Waals surface area contributed by atoms with Crippen molar-refractivity contribution in [3.63, 3.8) is 0 Å². The smallest absolute Gasteiger partial charge is 0.0886 e. The monoisotopic (exact) mass is 172 g/mol. The zero-order valence-corrected chi connectivity index (χ0v) is 7.95. The lowest BCUT2D eigenvalue weighted by Crippen LogP contribution is -2.17. The topological polar surface area (TPSA) is 9.23 Å². The largest absolute Gasteiger partial charge is 0.502 e. The molecule has 11 heavy (non-hydrogen) atoms. The number of rotatable bonds is 4. The lowest BCUT2D eigenvalue weighted by molar-refractivity contribution is 0.232. The van der Waals surface area contributed by atoms with Crippen molar-refractivity contribution in [3.05, 3.63) is 12.8 Å². The number of hydrogen-bond donors (Lipinski definition) is 0. The van der Waals surface area contributed by atoms with E-state index in [0.717, 1.165) is 13.0 Å². The van der Waals surface area contributed by atoms with Gasteiger partial charge in [0, 0.05) is 4.75 Å². The molecule has 0 N–H and O–H groups in total. The fourth-order valence-electron chi connectivity index (χ4n) is 1.39. The average molecular weight is 172 g/mol. The van der Waals surface area contributed by atoms with Gasteiger partial charge in [0.1, 0.15) is 0 Å². The molecule has 2 heteroatoms. The van der Waals surface area contributed by atoms with Crippen molar-refractivity contribution in [2.24, 2.45) is 0 Å². The van der Waals surface area contributed by atoms with Crippen molar-refractivity contribution in [3.8, 4) is 0 Å². The molecule has 1 aliphatic rings. The molecule has 0 aromatic heterocycles. The summed E-state index contributed by atoms with van der Waals surface area (Å²) in [6, 6.07) is 0. The SMILES string of the molecule is C=COCCC1(C)CCCS1. The molecule has 1 rings (SSSR count). The van der Waals surface area contributed by atoms with Gasteiger partial charge in [-0.1, -0.05) is 13.5 Å². The van der Waals surface area contributed by atoms with E-state index >= 15 is 0 Å². The molecule has 0 bridgehead atoms. The summed E-state index contributed by atoms with van der Waals surface area (Å²) in [6.07, 6.45) is 5.40. The molecule has 0 amide bonds. The molecular formula is C9H16OS. The Bertz CT molecular complexity index is 128. The van der Waals surface area contributed by atoms with Gasteiger partial charge in [0.2, 0.25) is 0 Å². The highest BCUT2D eigenvalue weighted by molar-refractivity contribution is 8.00. The highest BCUT2D eigenvalue weighted by Crippen LogP contribution is 2.40. The van der Waals surface area contributed by atoms with Crippen LogP contribution in [0.5, 0.6) is 0 Å². The van der Waals surface area contributed by atoms with Gasteiger partial charge in [0.25, 0.3) is 0 Å². The van der Waals surface area contributed by atoms with Crippen LogP contribution in [-0.4, -0.2) is 17.1 Å². The van der Waals surface area contributed by atoms with Crippen LogP contribution >= 0.6 is 11.8 Å². The maximum absolute atomic E-state index is 5.11. The second-order valence-electron chi connectivity index (χ2n) is 3.19. The molecule has 1 nitrogen and oxygen atoms in total. The predicted molar refractivity (Wildman–Crippen MR) is 50.9 cm³/mol. The lowest BCUT2D eigenvalue weighted by Gasteiger charge is -2.21. The first-order valence-corrected chi connectivity index (χ1v) is 5.12. The minimum absolute atomic E-state index is 0.489. The van der Waals surface area contributed by atoms with Crippen LogP contribution in [-0.2, 0) is 4.74 Å². The van der Waals surface area contributed by atoms with Crippen molar-refractivity contribution in [1.29, 1.82) is 0 Å². The van der Waals surface area contributed by atoms with Crippen molar-refractivity contribution >= 4 is 11.8 Å². The molecule has 0 aromatic carbocycles. The van der Waals surface area contributed by atoms with E-state index in [1.54, 1.807) is 0 Å². The summed E-state index contributed by atoms with van der Waals surface area (Å²) in [5, 5.41) is 0. The Balaban J connectivity index is 2.17. The maximum Gasteiger partial charge on any atom is 0.0886 e. The van der Waals surface area contributed by atoms with Gasteiger partial charge in [-0.05, 0) is 25.0 Å². The first-order chi connectivity index (χ1) is 5.27. The molecule has 0 radical (unpaired) electrons. The van der Waals surface area contributed by atoms with Crippen molar-refractivity contribution in [2.75, 3.05) is 12.4 Å². The molecule has 1 saturated heterocycles. The molecule has 64 valence electrons. The third kappa shape index (κ3) is 2.78. The van der Waals surface area contributed by atoms with Crippen LogP contribution in [0.15, 0.2) is 12.8 Å². The second kappa shape index (κ2) is 4.05. The molecule has 0 spiro atoms. The Morgan fingerprint density at radius 1 is 1.73 bits per heavy atom. The number of thioether (sulfide) groups is 1. The predicted octanol–water partition coefficient (Wildman–Crippen LogP) is 2.82. The van der Waals surface area contributed by atoms with E-state index in [4.69, 9.17) is 4.74 Å². The Kier molecular flexibility index (Phi) is 3.31. The summed E-state index contributed by atoms with van der Waals surface area (Å²) in [4.78, 5) is 0. The molecule has 1 aliphatic heterocycles. The van der Waals surface area contributed by atoms with Crippen LogP contribution in [0.25, 0.3) is 0 Å². The summed E-state index contributed by atoms with van der Waals surface area (Å²) >= 11 is 2.08. The van der Waals surface area contributed by atoms with E-state index in [2.05, 4.69) is 25.3 Å². The molecular weight excluding hydrogens is 156 g/mol. The van der Waals surface area contributed by atoms with Crippen LogP contribution in [0, 0.1) is 0 Å². The zero-order chi connectivity index (χ0) is 8.16. The fraction of sp³-hybridized carbons (Fsp3) is 0.778. The van der Waals surface area contributed by atoms with E-state index in [1.165, 1.54) is 24.9 Å². The average Bonchev–Trinajstić information content (AvgIpc) is 2.38. The molecule has 0 aromatic rings. The van der Waals surface area contributed by atoms with Gasteiger partial charge < -0.3 is 4.74 Å². The van der Waals surface area contributed by atoms with Gasteiger partial charge in [-0.2, -0.15) is 11.8 Å². The first-order valence-electron chi connectivity index (χ1n) is 4.13. The molecule has 1 fully saturated rings. The van der Waals surface area contributed by atoms with Crippen LogP contribution in [0.2, 0.25) is 0 Å². The van der Waals surface area contributed by atoms with Gasteiger partial charge in [0.15, 0.2) is 0 Å². The van der Waals surface area contributed by atoms with Crippen LogP contribution < -0.4 is 0 Å². The van der Waals surface area contributed by atoms with E-state index in [9.17, 15) is 0 Å². The zero-order valence-electron chi connectivity index (χ0n) is 7.14. The molecule has 0 aliphatic carbocycles. The summed E-state index contributed by atoms with van der Waals surface area (Å²) in [5.74, 6) is 1.32. The van der Waals surface area contributed by atoms with Gasteiger partial charge in [-0.25, -0.2) is 0 Å². The number of hydrogen-bond acceptors (Lipinski definition) is 2. The minimum atomic E-state index is 0.489. The van der Waals surface area contributed by atoms with Crippen molar-refractivity contribution in [2.45, 2.75) is 30.9 Å². The van der Waals surface area contributed by atoms with Gasteiger partial charge >= 0.3 is 0 Å². The number of ether oxygens (including phenoxy) is 1. The molecule has 1 unspecified atom stereocenters. The fourth-order valence-corrected chi connectivity index (χ4v) is 2.69. The van der Waals surface area contributed by atoms with Gasteiger partial charge in [0.05, 0.1) is 12.9 Å². The summed E-state index contributed by atoms with van der Waals surface area (Å²) in [5.41, 5.74) is 0. The third-order valence-electron chi connectivity index (χ3n) is 2.17. The minimum Gasteiger partial charge on any atom is -0.502 e. The first kappa shape index (κ1) is 8.98. The lowest BCUT2D eigenvalue weighted by atomic mass is 10.0. The Morgan fingerprint density at radius 3 is 3.09 bits per heavy atom. The normalized spacial score (nSPS) is 30.3. The van der Waals surface area contributed by atoms with Crippen molar-refractivity contribution < 1.29 is 4.74 Å². The van der Waals surface area contributed by atoms with Crippen LogP contribution in [0.3, 0.4) is 0 Å². The highest BCUT2D eigenvalue weighted by atomic mass is 32.2. The molecule has 1 atom stereocenters. The third-order valence-corrected chi connectivity index (χ3v) is 3.77. The Labute approximate surface area is 73.2 Å². The summed E-state index contributed by atoms with van der Waals surface area (Å²) in [7, 11) is 0. The van der Waals surface area contributed by atoms with E-state index in [-0.39, 0.29) is 0 Å². The molecule has 1 heterocycles. The van der Waals surface area contributed by atoms with Crippen molar-refractivity contribution in [1.82, 2.24) is 0 Å². The highest BCUT2D eigenvalue weighted by Gasteiger charge is 2.28. The quantitative estimate of drug-likeness (QED) is 0.476. The van der Waals surface area contributed by atoms with E-state index in [0.29, 0.717) is 4.75 Å². The van der Waals surface area contributed by atoms with E-state index in [1.807, 2.05) is 0 Å². The Morgan fingerprint density at radius 2 is 2.55 bits per heavy atom. The van der Waals surface area contributed by atoms with Gasteiger partial charge in [-0.3, -0.25) is 0 Å². The van der Waals surface area contributed by atoms with E-state index < -0.39 is 0 Å². The van der Waals surface area contributed by atoms with Crippen LogP contribution in [0.1, 0.15) is 26.2 Å². The summed E-state index contributed by atoms with van der Waals surface area (Å²) < 4.78 is 5.60. The second-order valence-corrected chi connectivity index (χ2v) is 4.87. The van der Waals surface area contributed by atoms with Gasteiger partial charge in [-0.15, -0.1) is 0 Å². The summed E-state index contributed by atoms with van der Waals surface area (Å²) in [6.45, 7) is 6.68. The maximum atomic E-state index is 5.11. The Hall–Kier alpha value is -0.110. The standard InChI is InChI=1S/C9H16OS/c1-3-10-7-6-9(2)5-4-8-11-9/h3H,1,4-8H2,2H3.